The molecule has 2 aromatic heterocycles. The van der Waals surface area contributed by atoms with Crippen molar-refractivity contribution in [2.45, 2.75) is 13.0 Å². The lowest BCUT2D eigenvalue weighted by Crippen LogP contribution is -2.43. The van der Waals surface area contributed by atoms with Crippen molar-refractivity contribution in [3.8, 4) is 0 Å². The summed E-state index contributed by atoms with van der Waals surface area (Å²) in [5.74, 6) is 0.00117. The highest BCUT2D eigenvalue weighted by molar-refractivity contribution is 9.10. The van der Waals surface area contributed by atoms with E-state index in [9.17, 15) is 9.59 Å². The number of para-hydroxylation sites is 1. The zero-order valence-electron chi connectivity index (χ0n) is 14.8. The molecule has 3 rings (SSSR count). The summed E-state index contributed by atoms with van der Waals surface area (Å²) in [6, 6.07) is 10.7. The third-order valence-corrected chi connectivity index (χ3v) is 5.37. The molecule has 7 nitrogen and oxygen atoms in total. The number of hydrogen-bond acceptors (Lipinski definition) is 6. The number of halogens is 1. The first-order valence-corrected chi connectivity index (χ1v) is 9.81. The molecule has 1 atom stereocenters. The first-order valence-electron chi connectivity index (χ1n) is 8.20. The van der Waals surface area contributed by atoms with Gasteiger partial charge in [-0.25, -0.2) is 9.97 Å². The monoisotopic (exact) mass is 447 g/mol. The van der Waals surface area contributed by atoms with Crippen LogP contribution in [0.25, 0.3) is 10.2 Å². The summed E-state index contributed by atoms with van der Waals surface area (Å²) < 4.78 is 1.84. The number of pyridine rings is 1. The van der Waals surface area contributed by atoms with Crippen LogP contribution in [-0.2, 0) is 9.59 Å². The number of anilines is 2. The molecule has 0 spiro atoms. The molecule has 9 heteroatoms. The Morgan fingerprint density at radius 1 is 1.22 bits per heavy atom. The van der Waals surface area contributed by atoms with Crippen LogP contribution < -0.4 is 10.6 Å². The highest BCUT2D eigenvalue weighted by Gasteiger charge is 2.21. The molecule has 0 fully saturated rings. The third kappa shape index (κ3) is 5.09. The van der Waals surface area contributed by atoms with Gasteiger partial charge in [-0.3, -0.25) is 14.5 Å². The average Bonchev–Trinajstić information content (AvgIpc) is 3.05. The molecule has 0 aliphatic heterocycles. The van der Waals surface area contributed by atoms with E-state index < -0.39 is 6.04 Å². The van der Waals surface area contributed by atoms with Gasteiger partial charge in [0.15, 0.2) is 5.13 Å². The molecule has 0 bridgehead atoms. The Morgan fingerprint density at radius 2 is 2.00 bits per heavy atom. The van der Waals surface area contributed by atoms with Gasteiger partial charge in [0.05, 0.1) is 22.8 Å². The Bertz CT molecular complexity index is 927. The SMILES string of the molecule is CC(C(=O)Nc1nc2ccccc2s1)N(C)CC(=O)Nc1ccc(Br)cn1. The van der Waals surface area contributed by atoms with Gasteiger partial charge in [-0.15, -0.1) is 0 Å². The second-order valence-corrected chi connectivity index (χ2v) is 7.92. The number of hydrogen-bond donors (Lipinski definition) is 2. The van der Waals surface area contributed by atoms with E-state index in [1.54, 1.807) is 37.2 Å². The van der Waals surface area contributed by atoms with Gasteiger partial charge in [0.2, 0.25) is 11.8 Å². The fourth-order valence-corrected chi connectivity index (χ4v) is 3.43. The molecular formula is C18H18BrN5O2S. The van der Waals surface area contributed by atoms with Crippen LogP contribution in [0.1, 0.15) is 6.92 Å². The largest absolute Gasteiger partial charge is 0.310 e. The van der Waals surface area contributed by atoms with Crippen LogP contribution in [0.2, 0.25) is 0 Å². The van der Waals surface area contributed by atoms with Crippen molar-refractivity contribution < 1.29 is 9.59 Å². The van der Waals surface area contributed by atoms with Gasteiger partial charge in [0.25, 0.3) is 0 Å². The highest BCUT2D eigenvalue weighted by atomic mass is 79.9. The quantitative estimate of drug-likeness (QED) is 0.604. The molecule has 3 aromatic rings. The van der Waals surface area contributed by atoms with Crippen molar-refractivity contribution in [3.05, 3.63) is 47.1 Å². The summed E-state index contributed by atoms with van der Waals surface area (Å²) >= 11 is 4.71. The van der Waals surface area contributed by atoms with Crippen molar-refractivity contribution in [1.82, 2.24) is 14.9 Å². The molecule has 0 aliphatic rings. The predicted molar refractivity (Wildman–Crippen MR) is 111 cm³/mol. The van der Waals surface area contributed by atoms with E-state index in [1.165, 1.54) is 11.3 Å². The van der Waals surface area contributed by atoms with E-state index in [0.717, 1.165) is 14.7 Å². The number of nitrogens with zero attached hydrogens (tertiary/aromatic N) is 3. The van der Waals surface area contributed by atoms with Gasteiger partial charge in [0.1, 0.15) is 5.82 Å². The van der Waals surface area contributed by atoms with Crippen molar-refractivity contribution in [1.29, 1.82) is 0 Å². The molecule has 0 saturated carbocycles. The van der Waals surface area contributed by atoms with Crippen LogP contribution in [0.15, 0.2) is 47.1 Å². The fraction of sp³-hybridized carbons (Fsp3) is 0.222. The molecule has 1 unspecified atom stereocenters. The molecule has 1 aromatic carbocycles. The zero-order valence-corrected chi connectivity index (χ0v) is 17.2. The first kappa shape index (κ1) is 19.4. The summed E-state index contributed by atoms with van der Waals surface area (Å²) in [5, 5.41) is 6.07. The summed E-state index contributed by atoms with van der Waals surface area (Å²) in [5.41, 5.74) is 0.847. The Morgan fingerprint density at radius 3 is 2.70 bits per heavy atom. The maximum atomic E-state index is 12.5. The Balaban J connectivity index is 1.55. The Hall–Kier alpha value is -2.36. The number of benzene rings is 1. The standard InChI is InChI=1S/C18H18BrN5O2S/c1-11(17(26)23-18-21-13-5-3-4-6-14(13)27-18)24(2)10-16(25)22-15-8-7-12(19)9-20-15/h3-9,11H,10H2,1-2H3,(H,20,22,25)(H,21,23,26). The van der Waals surface area contributed by atoms with Gasteiger partial charge in [-0.1, -0.05) is 23.5 Å². The minimum Gasteiger partial charge on any atom is -0.310 e. The van der Waals surface area contributed by atoms with Gasteiger partial charge < -0.3 is 10.6 Å². The van der Waals surface area contributed by atoms with Gasteiger partial charge >= 0.3 is 0 Å². The summed E-state index contributed by atoms with van der Waals surface area (Å²) in [7, 11) is 1.72. The molecule has 2 amide bonds. The van der Waals surface area contributed by atoms with Crippen LogP contribution in [0.3, 0.4) is 0 Å². The predicted octanol–water partition coefficient (Wildman–Crippen LogP) is 3.35. The lowest BCUT2D eigenvalue weighted by Gasteiger charge is -2.22. The minimum atomic E-state index is -0.499. The number of amides is 2. The van der Waals surface area contributed by atoms with Gasteiger partial charge in [-0.2, -0.15) is 0 Å². The second-order valence-electron chi connectivity index (χ2n) is 5.98. The second kappa shape index (κ2) is 8.55. The molecule has 0 aliphatic carbocycles. The van der Waals surface area contributed by atoms with Gasteiger partial charge in [0, 0.05) is 10.7 Å². The molecule has 0 saturated heterocycles. The lowest BCUT2D eigenvalue weighted by atomic mass is 10.2. The van der Waals surface area contributed by atoms with Crippen LogP contribution >= 0.6 is 27.3 Å². The maximum absolute atomic E-state index is 12.5. The van der Waals surface area contributed by atoms with Crippen molar-refractivity contribution in [2.24, 2.45) is 0 Å². The number of carbonyl (C=O) groups excluding carboxylic acids is 2. The number of carbonyl (C=O) groups is 2. The van der Waals surface area contributed by atoms with Crippen molar-refractivity contribution >= 4 is 60.2 Å². The van der Waals surface area contributed by atoms with E-state index in [-0.39, 0.29) is 18.4 Å². The molecule has 0 radical (unpaired) electrons. The van der Waals surface area contributed by atoms with Gasteiger partial charge in [-0.05, 0) is 54.2 Å². The Kier molecular flexibility index (Phi) is 6.15. The molecule has 140 valence electrons. The maximum Gasteiger partial charge on any atom is 0.243 e. The first-order chi connectivity index (χ1) is 12.9. The van der Waals surface area contributed by atoms with Crippen LogP contribution in [0, 0.1) is 0 Å². The number of likely N-dealkylation sites (N-methyl/N-ethyl adjacent to an activating group) is 1. The number of aromatic nitrogens is 2. The number of rotatable bonds is 6. The van der Waals surface area contributed by atoms with Crippen molar-refractivity contribution in [3.63, 3.8) is 0 Å². The topological polar surface area (TPSA) is 87.2 Å². The summed E-state index contributed by atoms with van der Waals surface area (Å²) in [6.07, 6.45) is 1.60. The van der Waals surface area contributed by atoms with Crippen molar-refractivity contribution in [2.75, 3.05) is 24.2 Å². The minimum absolute atomic E-state index is 0.0617. The third-order valence-electron chi connectivity index (χ3n) is 3.95. The van der Waals surface area contributed by atoms with E-state index in [0.29, 0.717) is 10.9 Å². The molecular weight excluding hydrogens is 430 g/mol. The lowest BCUT2D eigenvalue weighted by molar-refractivity contribution is -0.122. The summed E-state index contributed by atoms with van der Waals surface area (Å²) in [4.78, 5) is 34.8. The summed E-state index contributed by atoms with van der Waals surface area (Å²) in [6.45, 7) is 1.81. The number of nitrogens with one attached hydrogen (secondary N) is 2. The number of fused-ring (bicyclic) bond motifs is 1. The van der Waals surface area contributed by atoms with Crippen LogP contribution in [0.4, 0.5) is 10.9 Å². The van der Waals surface area contributed by atoms with E-state index in [4.69, 9.17) is 0 Å². The molecule has 27 heavy (non-hydrogen) atoms. The molecule has 2 N–H and O–H groups in total. The zero-order chi connectivity index (χ0) is 19.4. The Labute approximate surface area is 168 Å². The highest BCUT2D eigenvalue weighted by Crippen LogP contribution is 2.25. The van der Waals surface area contributed by atoms with E-state index in [2.05, 4.69) is 36.5 Å². The molecule has 2 heterocycles. The van der Waals surface area contributed by atoms with Crippen LogP contribution in [-0.4, -0.2) is 46.3 Å². The van der Waals surface area contributed by atoms with Crippen LogP contribution in [0.5, 0.6) is 0 Å². The average molecular weight is 448 g/mol. The van der Waals surface area contributed by atoms with E-state index >= 15 is 0 Å². The van der Waals surface area contributed by atoms with E-state index in [1.807, 2.05) is 24.3 Å². The smallest absolute Gasteiger partial charge is 0.243 e. The fourth-order valence-electron chi connectivity index (χ4n) is 2.33. The number of thiazole rings is 1. The normalized spacial score (nSPS) is 12.1.